The number of benzene rings is 1. The summed E-state index contributed by atoms with van der Waals surface area (Å²) in [5, 5.41) is 3.41. The Balaban J connectivity index is 2.14. The van der Waals surface area contributed by atoms with Crippen LogP contribution in [0.4, 0.5) is 0 Å². The SMILES string of the molecule is CC[C@H](c1cccc(C)c1)N1CCNCC1. The molecule has 0 aromatic heterocycles. The Morgan fingerprint density at radius 1 is 1.31 bits per heavy atom. The van der Waals surface area contributed by atoms with Gasteiger partial charge >= 0.3 is 0 Å². The molecule has 1 fully saturated rings. The summed E-state index contributed by atoms with van der Waals surface area (Å²) >= 11 is 0. The number of nitrogens with one attached hydrogen (secondary N) is 1. The molecule has 2 heteroatoms. The van der Waals surface area contributed by atoms with Crippen LogP contribution in [0.2, 0.25) is 0 Å². The van der Waals surface area contributed by atoms with Crippen molar-refractivity contribution in [3.63, 3.8) is 0 Å². The zero-order valence-electron chi connectivity index (χ0n) is 10.4. The van der Waals surface area contributed by atoms with E-state index in [4.69, 9.17) is 0 Å². The average molecular weight is 218 g/mol. The number of hydrogen-bond acceptors (Lipinski definition) is 2. The number of rotatable bonds is 3. The van der Waals surface area contributed by atoms with Crippen molar-refractivity contribution in [3.8, 4) is 0 Å². The maximum atomic E-state index is 3.41. The van der Waals surface area contributed by atoms with Crippen LogP contribution in [0.5, 0.6) is 0 Å². The van der Waals surface area contributed by atoms with Crippen LogP contribution in [-0.4, -0.2) is 31.1 Å². The molecule has 0 saturated carbocycles. The second-order valence-corrected chi connectivity index (χ2v) is 4.62. The van der Waals surface area contributed by atoms with Crippen molar-refractivity contribution in [1.29, 1.82) is 0 Å². The quantitative estimate of drug-likeness (QED) is 0.838. The van der Waals surface area contributed by atoms with Crippen LogP contribution in [-0.2, 0) is 0 Å². The molecule has 0 aliphatic carbocycles. The molecule has 16 heavy (non-hydrogen) atoms. The van der Waals surface area contributed by atoms with Crippen LogP contribution in [0.3, 0.4) is 0 Å². The highest BCUT2D eigenvalue weighted by Gasteiger charge is 2.20. The van der Waals surface area contributed by atoms with E-state index in [-0.39, 0.29) is 0 Å². The molecule has 0 unspecified atom stereocenters. The fraction of sp³-hybridized carbons (Fsp3) is 0.571. The van der Waals surface area contributed by atoms with Gasteiger partial charge in [0.2, 0.25) is 0 Å². The maximum absolute atomic E-state index is 3.41. The molecule has 0 radical (unpaired) electrons. The van der Waals surface area contributed by atoms with Crippen molar-refractivity contribution in [2.75, 3.05) is 26.2 Å². The van der Waals surface area contributed by atoms with E-state index in [9.17, 15) is 0 Å². The molecule has 0 amide bonds. The number of hydrogen-bond donors (Lipinski definition) is 1. The maximum Gasteiger partial charge on any atom is 0.0346 e. The summed E-state index contributed by atoms with van der Waals surface area (Å²) in [5.74, 6) is 0. The van der Waals surface area contributed by atoms with E-state index in [2.05, 4.69) is 48.3 Å². The summed E-state index contributed by atoms with van der Waals surface area (Å²) in [5.41, 5.74) is 2.84. The first-order chi connectivity index (χ1) is 7.81. The van der Waals surface area contributed by atoms with Crippen molar-refractivity contribution in [3.05, 3.63) is 35.4 Å². The molecule has 1 aromatic carbocycles. The van der Waals surface area contributed by atoms with Crippen molar-refractivity contribution in [2.45, 2.75) is 26.3 Å². The predicted molar refractivity (Wildman–Crippen MR) is 68.7 cm³/mol. The van der Waals surface area contributed by atoms with Crippen LogP contribution in [0, 0.1) is 6.92 Å². The van der Waals surface area contributed by atoms with Gasteiger partial charge in [-0.25, -0.2) is 0 Å². The number of aryl methyl sites for hydroxylation is 1. The summed E-state index contributed by atoms with van der Waals surface area (Å²) in [6.07, 6.45) is 1.20. The molecule has 2 nitrogen and oxygen atoms in total. The summed E-state index contributed by atoms with van der Waals surface area (Å²) in [6.45, 7) is 9.06. The van der Waals surface area contributed by atoms with Gasteiger partial charge in [0.1, 0.15) is 0 Å². The predicted octanol–water partition coefficient (Wildman–Crippen LogP) is 2.35. The second-order valence-electron chi connectivity index (χ2n) is 4.62. The summed E-state index contributed by atoms with van der Waals surface area (Å²) in [6, 6.07) is 9.55. The monoisotopic (exact) mass is 218 g/mol. The van der Waals surface area contributed by atoms with E-state index in [1.165, 1.54) is 30.6 Å². The van der Waals surface area contributed by atoms with Crippen molar-refractivity contribution in [2.24, 2.45) is 0 Å². The highest BCUT2D eigenvalue weighted by molar-refractivity contribution is 5.25. The Hall–Kier alpha value is -0.860. The van der Waals surface area contributed by atoms with Gasteiger partial charge in [-0.3, -0.25) is 4.90 Å². The van der Waals surface area contributed by atoms with Gasteiger partial charge in [-0.1, -0.05) is 36.8 Å². The van der Waals surface area contributed by atoms with E-state index in [1.807, 2.05) is 0 Å². The smallest absolute Gasteiger partial charge is 0.0346 e. The summed E-state index contributed by atoms with van der Waals surface area (Å²) in [7, 11) is 0. The number of nitrogens with zero attached hydrogens (tertiary/aromatic N) is 1. The average Bonchev–Trinajstić information content (AvgIpc) is 2.31. The molecule has 1 aliphatic rings. The lowest BCUT2D eigenvalue weighted by atomic mass is 10.0. The lowest BCUT2D eigenvalue weighted by Gasteiger charge is -2.34. The fourth-order valence-corrected chi connectivity index (χ4v) is 2.58. The Labute approximate surface area is 98.7 Å². The van der Waals surface area contributed by atoms with Gasteiger partial charge in [0.05, 0.1) is 0 Å². The van der Waals surface area contributed by atoms with Crippen molar-refractivity contribution >= 4 is 0 Å². The Bertz CT molecular complexity index is 329. The number of piperazine rings is 1. The highest BCUT2D eigenvalue weighted by atomic mass is 15.2. The molecule has 1 N–H and O–H groups in total. The summed E-state index contributed by atoms with van der Waals surface area (Å²) in [4.78, 5) is 2.60. The molecule has 1 atom stereocenters. The van der Waals surface area contributed by atoms with E-state index in [1.54, 1.807) is 0 Å². The standard InChI is InChI=1S/C14H22N2/c1-3-14(16-9-7-15-8-10-16)13-6-4-5-12(2)11-13/h4-6,11,14-15H,3,7-10H2,1-2H3/t14-/m1/s1. The fourth-order valence-electron chi connectivity index (χ4n) is 2.58. The van der Waals surface area contributed by atoms with Gasteiger partial charge in [0.25, 0.3) is 0 Å². The molecule has 1 aliphatic heterocycles. The molecule has 88 valence electrons. The van der Waals surface area contributed by atoms with E-state index >= 15 is 0 Å². The zero-order chi connectivity index (χ0) is 11.4. The minimum atomic E-state index is 0.599. The molecule has 1 heterocycles. The normalized spacial score (nSPS) is 19.6. The molecular formula is C14H22N2. The van der Waals surface area contributed by atoms with Crippen molar-refractivity contribution < 1.29 is 0 Å². The first kappa shape index (κ1) is 11.6. The third kappa shape index (κ3) is 2.63. The largest absolute Gasteiger partial charge is 0.314 e. The van der Waals surface area contributed by atoms with Gasteiger partial charge in [-0.05, 0) is 18.9 Å². The first-order valence-corrected chi connectivity index (χ1v) is 6.32. The molecular weight excluding hydrogens is 196 g/mol. The molecule has 0 spiro atoms. The molecule has 1 aromatic rings. The minimum Gasteiger partial charge on any atom is -0.314 e. The summed E-state index contributed by atoms with van der Waals surface area (Å²) < 4.78 is 0. The van der Waals surface area contributed by atoms with Crippen LogP contribution in [0.25, 0.3) is 0 Å². The van der Waals surface area contributed by atoms with E-state index in [0.717, 1.165) is 13.1 Å². The Morgan fingerprint density at radius 3 is 2.69 bits per heavy atom. The third-order valence-corrected chi connectivity index (χ3v) is 3.41. The van der Waals surface area contributed by atoms with Crippen LogP contribution >= 0.6 is 0 Å². The lowest BCUT2D eigenvalue weighted by Crippen LogP contribution is -2.45. The Kier molecular flexibility index (Phi) is 3.97. The molecule has 1 saturated heterocycles. The van der Waals surface area contributed by atoms with Crippen LogP contribution in [0.15, 0.2) is 24.3 Å². The van der Waals surface area contributed by atoms with Crippen LogP contribution in [0.1, 0.15) is 30.5 Å². The second kappa shape index (κ2) is 5.46. The van der Waals surface area contributed by atoms with Gasteiger partial charge in [-0.2, -0.15) is 0 Å². The van der Waals surface area contributed by atoms with E-state index in [0.29, 0.717) is 6.04 Å². The highest BCUT2D eigenvalue weighted by Crippen LogP contribution is 2.24. The molecule has 2 rings (SSSR count). The van der Waals surface area contributed by atoms with Gasteiger partial charge in [0.15, 0.2) is 0 Å². The first-order valence-electron chi connectivity index (χ1n) is 6.32. The Morgan fingerprint density at radius 2 is 2.06 bits per heavy atom. The lowest BCUT2D eigenvalue weighted by molar-refractivity contribution is 0.169. The molecule has 0 bridgehead atoms. The van der Waals surface area contributed by atoms with Crippen LogP contribution < -0.4 is 5.32 Å². The van der Waals surface area contributed by atoms with Crippen molar-refractivity contribution in [1.82, 2.24) is 10.2 Å². The third-order valence-electron chi connectivity index (χ3n) is 3.41. The van der Waals surface area contributed by atoms with E-state index < -0.39 is 0 Å². The zero-order valence-corrected chi connectivity index (χ0v) is 10.4. The van der Waals surface area contributed by atoms with Gasteiger partial charge < -0.3 is 5.32 Å². The topological polar surface area (TPSA) is 15.3 Å². The van der Waals surface area contributed by atoms with Gasteiger partial charge in [-0.15, -0.1) is 0 Å². The van der Waals surface area contributed by atoms with Gasteiger partial charge in [0, 0.05) is 32.2 Å². The minimum absolute atomic E-state index is 0.599.